The monoisotopic (exact) mass is 308 g/mol. The lowest BCUT2D eigenvalue weighted by Crippen LogP contribution is -2.26. The molecule has 1 aromatic rings. The minimum atomic E-state index is -0.839. The molecular weight excluding hydrogens is 296 g/mol. The zero-order valence-electron chi connectivity index (χ0n) is 11.3. The maximum absolute atomic E-state index is 12.1. The van der Waals surface area contributed by atoms with Crippen molar-refractivity contribution in [2.75, 3.05) is 6.61 Å². The molecule has 0 aliphatic carbocycles. The summed E-state index contributed by atoms with van der Waals surface area (Å²) in [6.45, 7) is 1.86. The van der Waals surface area contributed by atoms with Crippen molar-refractivity contribution in [2.24, 2.45) is 0 Å². The highest BCUT2D eigenvalue weighted by Crippen LogP contribution is 2.29. The van der Waals surface area contributed by atoms with E-state index in [1.54, 1.807) is 31.2 Å². The van der Waals surface area contributed by atoms with Crippen LogP contribution in [-0.2, 0) is 19.1 Å². The van der Waals surface area contributed by atoms with Gasteiger partial charge in [0.2, 0.25) is 6.10 Å². The normalized spacial score (nSPS) is 23.7. The second-order valence-corrected chi connectivity index (χ2v) is 5.45. The number of fused-ring (bicyclic) bond motifs is 1. The minimum Gasteiger partial charge on any atom is -0.488 e. The van der Waals surface area contributed by atoms with E-state index in [1.807, 2.05) is 0 Å². The van der Waals surface area contributed by atoms with Gasteiger partial charge in [-0.05, 0) is 31.2 Å². The van der Waals surface area contributed by atoms with E-state index in [-0.39, 0.29) is 12.7 Å². The fourth-order valence-corrected chi connectivity index (χ4v) is 2.47. The van der Waals surface area contributed by atoms with E-state index >= 15 is 0 Å². The standard InChI is InChI=1S/C15H13ClO5/c1-8-4-13(15(18)20-8)21-14(17)10-5-9-6-11(16)2-3-12(9)19-7-10/h2-3,5-6,8,13H,4,7H2,1H3/t8-,13-/m0/s1. The predicted octanol–water partition coefficient (Wildman–Crippen LogP) is 2.36. The zero-order valence-corrected chi connectivity index (χ0v) is 12.1. The number of ether oxygens (including phenoxy) is 3. The molecule has 1 saturated heterocycles. The second-order valence-electron chi connectivity index (χ2n) is 5.02. The largest absolute Gasteiger partial charge is 0.488 e. The molecule has 0 radical (unpaired) electrons. The highest BCUT2D eigenvalue weighted by atomic mass is 35.5. The fourth-order valence-electron chi connectivity index (χ4n) is 2.29. The molecule has 0 bridgehead atoms. The van der Waals surface area contributed by atoms with Crippen molar-refractivity contribution < 1.29 is 23.8 Å². The average Bonchev–Trinajstić information content (AvgIpc) is 2.76. The Balaban J connectivity index is 1.75. The second kappa shape index (κ2) is 5.41. The van der Waals surface area contributed by atoms with Gasteiger partial charge in [0.15, 0.2) is 0 Å². The molecule has 5 nitrogen and oxygen atoms in total. The van der Waals surface area contributed by atoms with Crippen LogP contribution in [0.2, 0.25) is 5.02 Å². The van der Waals surface area contributed by atoms with Crippen LogP contribution in [0.4, 0.5) is 0 Å². The molecule has 6 heteroatoms. The van der Waals surface area contributed by atoms with Gasteiger partial charge in [0.25, 0.3) is 0 Å². The van der Waals surface area contributed by atoms with E-state index in [1.165, 1.54) is 0 Å². The number of benzene rings is 1. The van der Waals surface area contributed by atoms with Gasteiger partial charge in [0.05, 0.1) is 5.57 Å². The molecule has 110 valence electrons. The number of hydrogen-bond donors (Lipinski definition) is 0. The van der Waals surface area contributed by atoms with Crippen LogP contribution >= 0.6 is 11.6 Å². The van der Waals surface area contributed by atoms with Crippen molar-refractivity contribution in [1.82, 2.24) is 0 Å². The molecule has 2 atom stereocenters. The third kappa shape index (κ3) is 2.88. The number of esters is 2. The summed E-state index contributed by atoms with van der Waals surface area (Å²) < 4.78 is 15.6. The first-order valence-corrected chi connectivity index (χ1v) is 6.95. The molecule has 0 N–H and O–H groups in total. The van der Waals surface area contributed by atoms with E-state index in [2.05, 4.69) is 0 Å². The summed E-state index contributed by atoms with van der Waals surface area (Å²) in [6, 6.07) is 5.16. The molecule has 2 aliphatic rings. The molecule has 2 heterocycles. The third-order valence-corrected chi connectivity index (χ3v) is 3.56. The van der Waals surface area contributed by atoms with Crippen LogP contribution in [0.5, 0.6) is 5.75 Å². The van der Waals surface area contributed by atoms with E-state index in [9.17, 15) is 9.59 Å². The number of carbonyl (C=O) groups excluding carboxylic acids is 2. The first-order valence-electron chi connectivity index (χ1n) is 6.57. The van der Waals surface area contributed by atoms with E-state index in [4.69, 9.17) is 25.8 Å². The van der Waals surface area contributed by atoms with Crippen molar-refractivity contribution in [3.63, 3.8) is 0 Å². The van der Waals surface area contributed by atoms with E-state index in [0.717, 1.165) is 0 Å². The van der Waals surface area contributed by atoms with Gasteiger partial charge in [-0.25, -0.2) is 9.59 Å². The molecule has 0 unspecified atom stereocenters. The van der Waals surface area contributed by atoms with Gasteiger partial charge in [-0.1, -0.05) is 11.6 Å². The molecule has 0 aromatic heterocycles. The quantitative estimate of drug-likeness (QED) is 0.785. The zero-order chi connectivity index (χ0) is 15.0. The van der Waals surface area contributed by atoms with Crippen LogP contribution in [0.15, 0.2) is 23.8 Å². The van der Waals surface area contributed by atoms with Gasteiger partial charge in [0.1, 0.15) is 18.5 Å². The van der Waals surface area contributed by atoms with Gasteiger partial charge >= 0.3 is 11.9 Å². The Labute approximate surface area is 126 Å². The summed E-state index contributed by atoms with van der Waals surface area (Å²) >= 11 is 5.91. The van der Waals surface area contributed by atoms with E-state index < -0.39 is 18.0 Å². The topological polar surface area (TPSA) is 61.8 Å². The highest BCUT2D eigenvalue weighted by molar-refractivity contribution is 6.30. The molecular formula is C15H13ClO5. The van der Waals surface area contributed by atoms with Gasteiger partial charge in [-0.15, -0.1) is 0 Å². The first kappa shape index (κ1) is 13.9. The number of cyclic esters (lactones) is 1. The third-order valence-electron chi connectivity index (χ3n) is 3.32. The van der Waals surface area contributed by atoms with Crippen LogP contribution in [0.3, 0.4) is 0 Å². The summed E-state index contributed by atoms with van der Waals surface area (Å²) in [5.41, 5.74) is 1.06. The Morgan fingerprint density at radius 1 is 1.43 bits per heavy atom. The number of hydrogen-bond acceptors (Lipinski definition) is 5. The minimum absolute atomic E-state index is 0.102. The van der Waals surface area contributed by atoms with Crippen LogP contribution in [0.25, 0.3) is 6.08 Å². The van der Waals surface area contributed by atoms with Crippen molar-refractivity contribution in [3.05, 3.63) is 34.4 Å². The van der Waals surface area contributed by atoms with Gasteiger partial charge < -0.3 is 14.2 Å². The smallest absolute Gasteiger partial charge is 0.347 e. The Morgan fingerprint density at radius 2 is 2.24 bits per heavy atom. The first-order chi connectivity index (χ1) is 10.0. The van der Waals surface area contributed by atoms with Gasteiger partial charge in [0, 0.05) is 17.0 Å². The summed E-state index contributed by atoms with van der Waals surface area (Å²) in [4.78, 5) is 23.6. The molecule has 1 aromatic carbocycles. The summed E-state index contributed by atoms with van der Waals surface area (Å²) in [5.74, 6) is -0.418. The van der Waals surface area contributed by atoms with Gasteiger partial charge in [-0.3, -0.25) is 0 Å². The molecule has 1 fully saturated rings. The average molecular weight is 309 g/mol. The summed E-state index contributed by atoms with van der Waals surface area (Å²) in [7, 11) is 0. The fraction of sp³-hybridized carbons (Fsp3) is 0.333. The molecule has 0 amide bonds. The van der Waals surface area contributed by atoms with Crippen molar-refractivity contribution in [3.8, 4) is 5.75 Å². The summed E-state index contributed by atoms with van der Waals surface area (Å²) in [5, 5.41) is 0.552. The van der Waals surface area contributed by atoms with Crippen LogP contribution in [0.1, 0.15) is 18.9 Å². The lowest BCUT2D eigenvalue weighted by Gasteiger charge is -2.18. The number of carbonyl (C=O) groups is 2. The SMILES string of the molecule is C[C@H]1C[C@H](OC(=O)C2=Cc3cc(Cl)ccc3OC2)C(=O)O1. The Kier molecular flexibility index (Phi) is 3.59. The predicted molar refractivity (Wildman–Crippen MR) is 75.0 cm³/mol. The Hall–Kier alpha value is -2.01. The molecule has 3 rings (SSSR count). The molecule has 21 heavy (non-hydrogen) atoms. The molecule has 0 spiro atoms. The van der Waals surface area contributed by atoms with Crippen molar-refractivity contribution in [1.29, 1.82) is 0 Å². The van der Waals surface area contributed by atoms with Crippen LogP contribution in [-0.4, -0.2) is 30.8 Å². The van der Waals surface area contributed by atoms with Crippen molar-refractivity contribution >= 4 is 29.6 Å². The Morgan fingerprint density at radius 3 is 2.95 bits per heavy atom. The van der Waals surface area contributed by atoms with Gasteiger partial charge in [-0.2, -0.15) is 0 Å². The molecule has 2 aliphatic heterocycles. The van der Waals surface area contributed by atoms with Crippen molar-refractivity contribution in [2.45, 2.75) is 25.6 Å². The highest BCUT2D eigenvalue weighted by Gasteiger charge is 2.36. The molecule has 0 saturated carbocycles. The van der Waals surface area contributed by atoms with Crippen LogP contribution < -0.4 is 4.74 Å². The lowest BCUT2D eigenvalue weighted by atomic mass is 10.1. The Bertz CT molecular complexity index is 637. The number of rotatable bonds is 2. The van der Waals surface area contributed by atoms with Crippen LogP contribution in [0, 0.1) is 0 Å². The lowest BCUT2D eigenvalue weighted by molar-refractivity contribution is -0.158. The van der Waals surface area contributed by atoms with E-state index in [0.29, 0.717) is 28.3 Å². The maximum Gasteiger partial charge on any atom is 0.347 e. The number of halogens is 1. The maximum atomic E-state index is 12.1. The summed E-state index contributed by atoms with van der Waals surface area (Å²) in [6.07, 6.45) is 0.971.